The topological polar surface area (TPSA) is 26.0 Å². The first kappa shape index (κ1) is 16.4. The molecule has 0 saturated carbocycles. The Kier molecular flexibility index (Phi) is 28.9. The molecule has 0 rings (SSSR count). The first-order chi connectivity index (χ1) is 3.65. The maximum atomic E-state index is 4.66. The molecule has 0 aliphatic carbocycles. The second kappa shape index (κ2) is 15.9. The summed E-state index contributed by atoms with van der Waals surface area (Å²) in [6.07, 6.45) is 2.64. The van der Waals surface area contributed by atoms with Crippen LogP contribution in [0.5, 0.6) is 0 Å². The standard InChI is InChI=1S/C4H10.CH3NS2.Li/c1-3-4-2;2-1(3)4;/h3-4H2,1-2H3;(H3,2,3,4);/q;;+1/p-1. The van der Waals surface area contributed by atoms with Gasteiger partial charge in [0.1, 0.15) is 0 Å². The van der Waals surface area contributed by atoms with Crippen LogP contribution >= 0.6 is 12.2 Å². The van der Waals surface area contributed by atoms with Gasteiger partial charge < -0.3 is 30.6 Å². The third-order valence-corrected chi connectivity index (χ3v) is 0.500. The Hall–Kier alpha value is 0.707. The minimum Gasteiger partial charge on any atom is -0.415 e. The SMILES string of the molecule is CCCC.NC(=S)[S-].[Li+]. The Bertz CT molecular complexity index is 52.9. The molecule has 0 radical (unpaired) electrons. The Balaban J connectivity index is -0.0000000720. The summed E-state index contributed by atoms with van der Waals surface area (Å²) in [6, 6.07) is 0. The summed E-state index contributed by atoms with van der Waals surface area (Å²) in [4.78, 5) is 0. The van der Waals surface area contributed by atoms with Gasteiger partial charge >= 0.3 is 18.9 Å². The van der Waals surface area contributed by atoms with E-state index in [0.29, 0.717) is 0 Å². The van der Waals surface area contributed by atoms with E-state index in [2.05, 4.69) is 44.4 Å². The summed E-state index contributed by atoms with van der Waals surface area (Å²) in [6.45, 7) is 4.36. The molecule has 4 heteroatoms. The van der Waals surface area contributed by atoms with Gasteiger partial charge in [-0.15, -0.1) is 0 Å². The largest absolute Gasteiger partial charge is 1.00 e. The summed E-state index contributed by atoms with van der Waals surface area (Å²) < 4.78 is 0.0833. The molecule has 0 aliphatic rings. The predicted octanol–water partition coefficient (Wildman–Crippen LogP) is -1.41. The van der Waals surface area contributed by atoms with Gasteiger partial charge in [-0.3, -0.25) is 0 Å². The molecule has 0 aliphatic heterocycles. The van der Waals surface area contributed by atoms with Gasteiger partial charge in [-0.25, -0.2) is 0 Å². The van der Waals surface area contributed by atoms with E-state index in [1.807, 2.05) is 0 Å². The average molecular weight is 157 g/mol. The van der Waals surface area contributed by atoms with Crippen LogP contribution in [0.2, 0.25) is 0 Å². The van der Waals surface area contributed by atoms with Crippen LogP contribution in [0, 0.1) is 0 Å². The molecule has 0 amide bonds. The molecular weight excluding hydrogens is 145 g/mol. The van der Waals surface area contributed by atoms with Gasteiger partial charge in [-0.1, -0.05) is 31.0 Å². The summed E-state index contributed by atoms with van der Waals surface area (Å²) in [5.41, 5.74) is 4.66. The van der Waals surface area contributed by atoms with Crippen molar-refractivity contribution >= 4 is 29.2 Å². The van der Waals surface area contributed by atoms with Gasteiger partial charge in [-0.05, 0) is 0 Å². The van der Waals surface area contributed by atoms with Crippen LogP contribution in [0.4, 0.5) is 0 Å². The fourth-order valence-corrected chi connectivity index (χ4v) is 0. The van der Waals surface area contributed by atoms with Gasteiger partial charge in [0.15, 0.2) is 0 Å². The monoisotopic (exact) mass is 157 g/mol. The first-order valence-corrected chi connectivity index (χ1v) is 3.43. The molecule has 0 atom stereocenters. The second-order valence-corrected chi connectivity index (χ2v) is 2.46. The maximum absolute atomic E-state index is 4.66. The van der Waals surface area contributed by atoms with Crippen molar-refractivity contribution in [3.8, 4) is 0 Å². The Morgan fingerprint density at radius 2 is 1.56 bits per heavy atom. The molecule has 0 saturated heterocycles. The van der Waals surface area contributed by atoms with Crippen molar-refractivity contribution in [1.82, 2.24) is 0 Å². The van der Waals surface area contributed by atoms with Crippen LogP contribution in [0.3, 0.4) is 0 Å². The van der Waals surface area contributed by atoms with E-state index in [1.165, 1.54) is 12.8 Å². The first-order valence-electron chi connectivity index (χ1n) is 2.61. The van der Waals surface area contributed by atoms with Gasteiger partial charge in [0.25, 0.3) is 0 Å². The molecule has 9 heavy (non-hydrogen) atoms. The summed E-state index contributed by atoms with van der Waals surface area (Å²) in [5, 5.41) is 0. The Labute approximate surface area is 80.4 Å². The van der Waals surface area contributed by atoms with Gasteiger partial charge in [0.2, 0.25) is 0 Å². The molecule has 0 unspecified atom stereocenters. The van der Waals surface area contributed by atoms with E-state index < -0.39 is 0 Å². The fourth-order valence-electron chi connectivity index (χ4n) is 0. The molecule has 50 valence electrons. The van der Waals surface area contributed by atoms with E-state index in [9.17, 15) is 0 Å². The van der Waals surface area contributed by atoms with Crippen LogP contribution < -0.4 is 24.6 Å². The van der Waals surface area contributed by atoms with Crippen LogP contribution in [0.1, 0.15) is 26.7 Å². The smallest absolute Gasteiger partial charge is 0.415 e. The van der Waals surface area contributed by atoms with E-state index >= 15 is 0 Å². The van der Waals surface area contributed by atoms with E-state index in [4.69, 9.17) is 0 Å². The predicted molar refractivity (Wildman–Crippen MR) is 44.7 cm³/mol. The normalized spacial score (nSPS) is 6.00. The number of hydrogen-bond acceptors (Lipinski definition) is 2. The Morgan fingerprint density at radius 1 is 1.44 bits per heavy atom. The van der Waals surface area contributed by atoms with Crippen molar-refractivity contribution in [1.29, 1.82) is 0 Å². The minimum atomic E-state index is 0. The molecule has 1 nitrogen and oxygen atoms in total. The van der Waals surface area contributed by atoms with E-state index in [1.54, 1.807) is 0 Å². The molecule has 2 N–H and O–H groups in total. The van der Waals surface area contributed by atoms with Crippen LogP contribution in [0.15, 0.2) is 0 Å². The van der Waals surface area contributed by atoms with Crippen molar-refractivity contribution in [3.63, 3.8) is 0 Å². The Morgan fingerprint density at radius 3 is 1.56 bits per heavy atom. The maximum Gasteiger partial charge on any atom is 1.00 e. The van der Waals surface area contributed by atoms with E-state index in [-0.39, 0.29) is 23.2 Å². The molecule has 0 heterocycles. The summed E-state index contributed by atoms with van der Waals surface area (Å²) >= 11 is 8.26. The van der Waals surface area contributed by atoms with Gasteiger partial charge in [0.05, 0.1) is 0 Å². The molecule has 0 bridgehead atoms. The molecule has 0 fully saturated rings. The summed E-state index contributed by atoms with van der Waals surface area (Å²) in [5.74, 6) is 0. The molecule has 0 spiro atoms. The van der Waals surface area contributed by atoms with Crippen molar-refractivity contribution in [2.24, 2.45) is 5.73 Å². The van der Waals surface area contributed by atoms with Gasteiger partial charge in [0, 0.05) is 0 Å². The number of unbranched alkanes of at least 4 members (excludes halogenated alkanes) is 1. The number of rotatable bonds is 1. The van der Waals surface area contributed by atoms with Crippen molar-refractivity contribution < 1.29 is 18.9 Å². The molecule has 0 aromatic carbocycles. The average Bonchev–Trinajstić information content (AvgIpc) is 1.65. The summed E-state index contributed by atoms with van der Waals surface area (Å²) in [7, 11) is 0. The zero-order chi connectivity index (χ0) is 6.99. The molecule has 0 aromatic rings. The quantitative estimate of drug-likeness (QED) is 0.288. The zero-order valence-corrected chi connectivity index (χ0v) is 7.94. The third-order valence-electron chi connectivity index (χ3n) is 0.500. The number of thiocarbonyl (C=S) groups is 1. The van der Waals surface area contributed by atoms with Crippen molar-refractivity contribution in [3.05, 3.63) is 0 Å². The minimum absolute atomic E-state index is 0. The van der Waals surface area contributed by atoms with E-state index in [0.717, 1.165) is 0 Å². The van der Waals surface area contributed by atoms with Crippen molar-refractivity contribution in [2.75, 3.05) is 0 Å². The van der Waals surface area contributed by atoms with Gasteiger partial charge in [-0.2, -0.15) is 0 Å². The van der Waals surface area contributed by atoms with Crippen LogP contribution in [-0.4, -0.2) is 4.32 Å². The van der Waals surface area contributed by atoms with Crippen molar-refractivity contribution in [2.45, 2.75) is 26.7 Å². The van der Waals surface area contributed by atoms with Crippen LogP contribution in [0.25, 0.3) is 0 Å². The molecular formula is C5H12LiNS2. The number of hydrogen-bond donors (Lipinski definition) is 1. The number of nitrogens with two attached hydrogens (primary N) is 1. The zero-order valence-electron chi connectivity index (χ0n) is 6.31. The second-order valence-electron chi connectivity index (χ2n) is 1.32. The van der Waals surface area contributed by atoms with Crippen LogP contribution in [-0.2, 0) is 12.6 Å². The fraction of sp³-hybridized carbons (Fsp3) is 0.800. The third kappa shape index (κ3) is 134. The molecule has 0 aromatic heterocycles.